The number of pyridine rings is 1. The lowest BCUT2D eigenvalue weighted by Gasteiger charge is -2.35. The molecule has 8 aromatic carbocycles. The minimum absolute atomic E-state index is 0.0899. The van der Waals surface area contributed by atoms with E-state index in [9.17, 15) is 0 Å². The lowest BCUT2D eigenvalue weighted by Crippen LogP contribution is -2.74. The maximum Gasteiger partial charge on any atom is 0.498 e. The van der Waals surface area contributed by atoms with Gasteiger partial charge in [-0.1, -0.05) is 204 Å². The zero-order valence-electron chi connectivity index (χ0n) is 54.1. The van der Waals surface area contributed by atoms with Crippen molar-refractivity contribution < 1.29 is 4.68 Å². The third-order valence-electron chi connectivity index (χ3n) is 20.7. The molecule has 5 nitrogen and oxygen atoms in total. The Morgan fingerprint density at radius 1 is 0.376 bits per heavy atom. The van der Waals surface area contributed by atoms with E-state index in [0.717, 1.165) is 0 Å². The van der Waals surface area contributed by atoms with E-state index in [1.54, 1.807) is 0 Å². The summed E-state index contributed by atoms with van der Waals surface area (Å²) in [5.41, 5.74) is 30.4. The topological polar surface area (TPSA) is 8.81 Å². The van der Waals surface area contributed by atoms with Crippen LogP contribution in [0.3, 0.4) is 0 Å². The quantitative estimate of drug-likeness (QED) is 0.0923. The van der Waals surface area contributed by atoms with E-state index >= 15 is 0 Å². The molecule has 5 aliphatic heterocycles. The number of para-hydroxylation sites is 5. The van der Waals surface area contributed by atoms with Gasteiger partial charge in [-0.05, 0) is 165 Å². The summed E-state index contributed by atoms with van der Waals surface area (Å²) in [6, 6.07) is 64.3. The van der Waals surface area contributed by atoms with Crippen LogP contribution in [0.5, 0.6) is 0 Å². The highest BCUT2D eigenvalue weighted by Gasteiger charge is 3.11. The fourth-order valence-corrected chi connectivity index (χ4v) is 16.3. The molecule has 1 fully saturated rings. The van der Waals surface area contributed by atoms with Gasteiger partial charge in [0.05, 0.1) is 11.1 Å². The Hall–Kier alpha value is -7.41. The van der Waals surface area contributed by atoms with Gasteiger partial charge in [-0.2, -0.15) is 4.57 Å². The maximum absolute atomic E-state index is 2.78. The van der Waals surface area contributed by atoms with Crippen LogP contribution in [-0.4, -0.2) is 10.9 Å². The standard InChI is InChI=1S/C80H87N5/c1-47(2)62-45-64-60-29-25-33-69-73(60)83(74-61(65(64)46-63(62)48(3)4)35-34-59-58-26-20-21-30-66(58)82(71(59)74)70-44-51(76(5,6)7)36-37-81(70)83)75-84(69)67-31-22-23-32-68(67)85(75,84)72-56(49-38-52(77(8,9)10)42-53(39-49)78(11,12)13)27-24-28-57(72)50-40-54(79(14,15)16)43-55(41-50)80(17,18)19/h20-48,75H,1-19H3/q+4. The highest BCUT2D eigenvalue weighted by atomic mass is 16.2. The molecular formula is C80H87N5+4. The van der Waals surface area contributed by atoms with Crippen molar-refractivity contribution in [1.29, 1.82) is 0 Å². The summed E-state index contributed by atoms with van der Waals surface area (Å²) in [7, 11) is 0. The van der Waals surface area contributed by atoms with Gasteiger partial charge in [-0.3, -0.25) is 0 Å². The molecule has 0 N–H and O–H groups in total. The molecule has 0 saturated carbocycles. The normalized spacial score (nSPS) is 20.6. The molecule has 428 valence electrons. The third-order valence-corrected chi connectivity index (χ3v) is 20.7. The van der Waals surface area contributed by atoms with Gasteiger partial charge in [0.1, 0.15) is 5.52 Å². The molecule has 15 rings (SSSR count). The van der Waals surface area contributed by atoms with Crippen LogP contribution < -0.4 is 18.5 Å². The summed E-state index contributed by atoms with van der Waals surface area (Å²) >= 11 is 0. The maximum atomic E-state index is 2.78. The molecule has 2 aromatic heterocycles. The van der Waals surface area contributed by atoms with E-state index < -0.39 is 0 Å². The second kappa shape index (κ2) is 17.0. The number of quaternary nitrogens is 3. The molecule has 0 amide bonds. The monoisotopic (exact) mass is 1120 g/mol. The Balaban J connectivity index is 1.19. The van der Waals surface area contributed by atoms with Crippen LogP contribution in [0, 0.1) is 0 Å². The van der Waals surface area contributed by atoms with Crippen molar-refractivity contribution in [2.45, 2.75) is 177 Å². The van der Waals surface area contributed by atoms with Crippen LogP contribution in [0.15, 0.2) is 164 Å². The smallest absolute Gasteiger partial charge is 0.181 e. The molecule has 5 aliphatic rings. The molecule has 7 heterocycles. The first-order chi connectivity index (χ1) is 40.0. The second-order valence-electron chi connectivity index (χ2n) is 31.8. The number of aromatic nitrogens is 2. The van der Waals surface area contributed by atoms with Gasteiger partial charge < -0.3 is 0 Å². The molecule has 4 unspecified atom stereocenters. The Bertz CT molecular complexity index is 4430. The van der Waals surface area contributed by atoms with Crippen molar-refractivity contribution in [2.75, 3.05) is 0 Å². The zero-order chi connectivity index (χ0) is 60.0. The summed E-state index contributed by atoms with van der Waals surface area (Å²) in [4.78, 5) is 0. The van der Waals surface area contributed by atoms with Gasteiger partial charge in [0.2, 0.25) is 16.9 Å². The van der Waals surface area contributed by atoms with Gasteiger partial charge in [0.25, 0.3) is 22.7 Å². The number of rotatable bonds is 5. The summed E-state index contributed by atoms with van der Waals surface area (Å²) in [6.07, 6.45) is 2.37. The fourth-order valence-electron chi connectivity index (χ4n) is 16.3. The average Bonchev–Trinajstić information content (AvgIpc) is 1.39. The number of fused-ring (bicyclic) bond motifs is 11. The van der Waals surface area contributed by atoms with Crippen LogP contribution in [0.25, 0.3) is 72.1 Å². The minimum atomic E-state index is -0.155. The van der Waals surface area contributed by atoms with Crippen LogP contribution >= 0.6 is 0 Å². The number of benzene rings is 8. The van der Waals surface area contributed by atoms with Crippen molar-refractivity contribution in [1.82, 2.24) is 18.3 Å². The molecule has 1 saturated heterocycles. The molecule has 85 heavy (non-hydrogen) atoms. The molecule has 2 spiro atoms. The molecule has 0 bridgehead atoms. The van der Waals surface area contributed by atoms with Crippen molar-refractivity contribution in [2.24, 2.45) is 0 Å². The first-order valence-corrected chi connectivity index (χ1v) is 31.7. The molecule has 0 aliphatic carbocycles. The van der Waals surface area contributed by atoms with Crippen LogP contribution in [0.1, 0.15) is 182 Å². The predicted molar refractivity (Wildman–Crippen MR) is 361 cm³/mol. The van der Waals surface area contributed by atoms with E-state index in [1.807, 2.05) is 0 Å². The van der Waals surface area contributed by atoms with Gasteiger partial charge in [0.15, 0.2) is 6.20 Å². The molecule has 5 heteroatoms. The minimum Gasteiger partial charge on any atom is -0.181 e. The number of hydrogen-bond acceptors (Lipinski definition) is 0. The van der Waals surface area contributed by atoms with E-state index in [4.69, 9.17) is 0 Å². The lowest BCUT2D eigenvalue weighted by molar-refractivity contribution is -0.793. The molecule has 4 atom stereocenters. The Labute approximate surface area is 506 Å². The van der Waals surface area contributed by atoms with Crippen molar-refractivity contribution >= 4 is 55.9 Å². The van der Waals surface area contributed by atoms with E-state index in [-0.39, 0.29) is 33.4 Å². The van der Waals surface area contributed by atoms with Crippen molar-refractivity contribution in [3.8, 4) is 50.3 Å². The lowest BCUT2D eigenvalue weighted by atomic mass is 9.77. The molecular weight excluding hydrogens is 1030 g/mol. The highest BCUT2D eigenvalue weighted by Crippen LogP contribution is 2.86. The Morgan fingerprint density at radius 3 is 1.35 bits per heavy atom. The fraction of sp³-hybridized carbons (Fsp3) is 0.338. The summed E-state index contributed by atoms with van der Waals surface area (Å²) in [5.74, 6) is 1.89. The van der Waals surface area contributed by atoms with Gasteiger partial charge in [0, 0.05) is 59.9 Å². The first-order valence-electron chi connectivity index (χ1n) is 31.7. The largest absolute Gasteiger partial charge is 0.498 e. The van der Waals surface area contributed by atoms with E-state index in [2.05, 4.69) is 305 Å². The summed E-state index contributed by atoms with van der Waals surface area (Å²) in [5, 5.41) is 2.58. The first kappa shape index (κ1) is 54.3. The Kier molecular flexibility index (Phi) is 10.8. The van der Waals surface area contributed by atoms with Crippen molar-refractivity contribution in [3.05, 3.63) is 203 Å². The van der Waals surface area contributed by atoms with Crippen LogP contribution in [0.4, 0.5) is 34.1 Å². The predicted octanol–water partition coefficient (Wildman–Crippen LogP) is 21.7. The average molecular weight is 1120 g/mol. The van der Waals surface area contributed by atoms with Gasteiger partial charge in [-0.15, -0.1) is 0 Å². The summed E-state index contributed by atoms with van der Waals surface area (Å²) in [6.45, 7) is 45.4. The van der Waals surface area contributed by atoms with E-state index in [1.165, 1.54) is 145 Å². The SMILES string of the molecule is CC(C)c1cc2c(cc1C(C)C)-c1ccc3c4ccccc4n4c3c1[N+]1(c3c-2cccc3[N+]23c5ccccc5[N+]2(c2c(-c5cc(C(C)(C)C)cc(C(C)(C)C)c5)cccc2-c2cc(C(C)(C)C)cc(C(C)(C)C)c2)C13)[n+]1ccc(C(C)(C)C)cc1-4. The van der Waals surface area contributed by atoms with E-state index in [0.29, 0.717) is 25.6 Å². The Morgan fingerprint density at radius 2 is 0.835 bits per heavy atom. The van der Waals surface area contributed by atoms with Gasteiger partial charge in [-0.25, -0.2) is 0 Å². The highest BCUT2D eigenvalue weighted by molar-refractivity contribution is 6.20. The second-order valence-corrected chi connectivity index (χ2v) is 31.8. The van der Waals surface area contributed by atoms with Crippen molar-refractivity contribution in [3.63, 3.8) is 0 Å². The molecule has 0 radical (unpaired) electrons. The van der Waals surface area contributed by atoms with Crippen LogP contribution in [-0.2, 0) is 27.1 Å². The summed E-state index contributed by atoms with van der Waals surface area (Å²) < 4.78 is 7.21. The molecule has 10 aromatic rings. The number of nitrogens with zero attached hydrogens (tertiary/aromatic N) is 5. The van der Waals surface area contributed by atoms with Gasteiger partial charge >= 0.3 is 12.1 Å². The zero-order valence-corrected chi connectivity index (χ0v) is 54.1. The number of hydrogen-bond donors (Lipinski definition) is 0. The van der Waals surface area contributed by atoms with Crippen LogP contribution in [0.2, 0.25) is 0 Å². The third kappa shape index (κ3) is 6.84.